The van der Waals surface area contributed by atoms with Gasteiger partial charge in [0.05, 0.1) is 13.1 Å². The van der Waals surface area contributed by atoms with Gasteiger partial charge in [0.25, 0.3) is 0 Å². The first-order valence-corrected chi connectivity index (χ1v) is 9.05. The Morgan fingerprint density at radius 2 is 1.96 bits per heavy atom. The van der Waals surface area contributed by atoms with Crippen LogP contribution in [0.15, 0.2) is 35.5 Å². The van der Waals surface area contributed by atoms with Gasteiger partial charge >= 0.3 is 0 Å². The second kappa shape index (κ2) is 11.3. The molecule has 1 unspecified atom stereocenters. The third-order valence-electron chi connectivity index (χ3n) is 3.30. The van der Waals surface area contributed by atoms with E-state index in [1.807, 2.05) is 25.3 Å². The molecule has 0 aliphatic carbocycles. The van der Waals surface area contributed by atoms with E-state index in [-0.39, 0.29) is 30.1 Å². The Bertz CT molecular complexity index is 657. The predicted octanol–water partition coefficient (Wildman–Crippen LogP) is 3.90. The second-order valence-corrected chi connectivity index (χ2v) is 7.00. The average molecular weight is 474 g/mol. The van der Waals surface area contributed by atoms with Crippen LogP contribution < -0.4 is 15.4 Å². The Morgan fingerprint density at radius 3 is 2.56 bits per heavy atom. The number of hydrogen-bond acceptors (Lipinski definition) is 4. The minimum Gasteiger partial charge on any atom is -0.489 e. The van der Waals surface area contributed by atoms with Gasteiger partial charge in [0.1, 0.15) is 16.9 Å². The molecule has 1 aromatic heterocycles. The number of guanidine groups is 1. The summed E-state index contributed by atoms with van der Waals surface area (Å²) in [6.07, 6.45) is 1.92. The van der Waals surface area contributed by atoms with Crippen LogP contribution >= 0.6 is 35.3 Å². The normalized spacial score (nSPS) is 12.2. The number of aryl methyl sites for hydroxylation is 2. The lowest BCUT2D eigenvalue weighted by atomic mass is 10.2. The molecule has 1 atom stereocenters. The number of rotatable bonds is 7. The Labute approximate surface area is 171 Å². The predicted molar refractivity (Wildman–Crippen MR) is 116 cm³/mol. The fraction of sp³-hybridized carbons (Fsp3) is 0.444. The highest BCUT2D eigenvalue weighted by atomic mass is 127. The number of thiazole rings is 1. The average Bonchev–Trinajstić information content (AvgIpc) is 2.98. The molecule has 0 bridgehead atoms. The highest BCUT2D eigenvalue weighted by Gasteiger charge is 2.06. The summed E-state index contributed by atoms with van der Waals surface area (Å²) in [6.45, 7) is 10.3. The highest BCUT2D eigenvalue weighted by Crippen LogP contribution is 2.13. The topological polar surface area (TPSA) is 58.5 Å². The standard InChI is InChI=1S/C18H26N4OS.HI/c1-5-19-18(22-12-17-20-11-15(4)24-17)21-10-14(3)23-16-8-6-13(2)7-9-16;/h6-9,11,14H,5,10,12H2,1-4H3,(H2,19,21,22);1H. The summed E-state index contributed by atoms with van der Waals surface area (Å²) in [4.78, 5) is 10.1. The molecule has 1 heterocycles. The molecule has 2 N–H and O–H groups in total. The zero-order chi connectivity index (χ0) is 17.4. The van der Waals surface area contributed by atoms with Crippen molar-refractivity contribution in [1.29, 1.82) is 0 Å². The molecule has 0 fully saturated rings. The molecule has 0 aliphatic rings. The van der Waals surface area contributed by atoms with E-state index in [0.717, 1.165) is 23.3 Å². The zero-order valence-corrected chi connectivity index (χ0v) is 18.4. The minimum atomic E-state index is 0. The van der Waals surface area contributed by atoms with Gasteiger partial charge in [0.15, 0.2) is 5.96 Å². The number of benzene rings is 1. The number of halogens is 1. The largest absolute Gasteiger partial charge is 0.489 e. The lowest BCUT2D eigenvalue weighted by Gasteiger charge is -2.17. The molecule has 0 aliphatic heterocycles. The molecule has 138 valence electrons. The van der Waals surface area contributed by atoms with E-state index in [2.05, 4.69) is 53.5 Å². The van der Waals surface area contributed by atoms with Gasteiger partial charge in [-0.3, -0.25) is 0 Å². The van der Waals surface area contributed by atoms with Crippen LogP contribution in [0.3, 0.4) is 0 Å². The van der Waals surface area contributed by atoms with Crippen molar-refractivity contribution in [2.75, 3.05) is 13.1 Å². The molecule has 0 radical (unpaired) electrons. The fourth-order valence-electron chi connectivity index (χ4n) is 2.09. The number of ether oxygens (including phenoxy) is 1. The van der Waals surface area contributed by atoms with Crippen molar-refractivity contribution in [3.05, 3.63) is 45.9 Å². The van der Waals surface area contributed by atoms with Crippen molar-refractivity contribution in [2.24, 2.45) is 4.99 Å². The van der Waals surface area contributed by atoms with Crippen LogP contribution in [-0.2, 0) is 6.54 Å². The van der Waals surface area contributed by atoms with E-state index >= 15 is 0 Å². The third kappa shape index (κ3) is 8.04. The number of nitrogens with one attached hydrogen (secondary N) is 2. The summed E-state index contributed by atoms with van der Waals surface area (Å²) in [5, 5.41) is 7.59. The van der Waals surface area contributed by atoms with Crippen molar-refractivity contribution in [3.8, 4) is 5.75 Å². The van der Waals surface area contributed by atoms with Crippen LogP contribution in [0.5, 0.6) is 5.75 Å². The Morgan fingerprint density at radius 1 is 1.24 bits per heavy atom. The minimum absolute atomic E-state index is 0. The molecular formula is C18H27IN4OS. The van der Waals surface area contributed by atoms with E-state index in [0.29, 0.717) is 13.1 Å². The molecule has 2 rings (SSSR count). The number of hydrogen-bond donors (Lipinski definition) is 2. The lowest BCUT2D eigenvalue weighted by Crippen LogP contribution is -2.41. The molecule has 7 heteroatoms. The first kappa shape index (κ1) is 21.7. The molecule has 0 spiro atoms. The molecule has 25 heavy (non-hydrogen) atoms. The van der Waals surface area contributed by atoms with Crippen molar-refractivity contribution >= 4 is 41.3 Å². The van der Waals surface area contributed by atoms with Gasteiger partial charge in [-0.2, -0.15) is 0 Å². The fourth-order valence-corrected chi connectivity index (χ4v) is 2.81. The molecule has 0 saturated carbocycles. The van der Waals surface area contributed by atoms with E-state index in [1.165, 1.54) is 10.4 Å². The van der Waals surface area contributed by atoms with Crippen molar-refractivity contribution in [1.82, 2.24) is 15.6 Å². The van der Waals surface area contributed by atoms with Crippen LogP contribution in [-0.4, -0.2) is 30.1 Å². The van der Waals surface area contributed by atoms with E-state index < -0.39 is 0 Å². The molecule has 0 saturated heterocycles. The van der Waals surface area contributed by atoms with Crippen LogP contribution in [0.2, 0.25) is 0 Å². The maximum absolute atomic E-state index is 5.91. The van der Waals surface area contributed by atoms with Crippen molar-refractivity contribution in [2.45, 2.75) is 40.3 Å². The Balaban J connectivity index is 0.00000312. The van der Waals surface area contributed by atoms with Crippen molar-refractivity contribution < 1.29 is 4.74 Å². The Kier molecular flexibility index (Phi) is 9.81. The number of aromatic nitrogens is 1. The molecule has 0 amide bonds. The smallest absolute Gasteiger partial charge is 0.191 e. The SMILES string of the molecule is CCNC(=NCc1ncc(C)s1)NCC(C)Oc1ccc(C)cc1.I. The van der Waals surface area contributed by atoms with Gasteiger partial charge < -0.3 is 15.4 Å². The summed E-state index contributed by atoms with van der Waals surface area (Å²) < 4.78 is 5.91. The lowest BCUT2D eigenvalue weighted by molar-refractivity contribution is 0.224. The third-order valence-corrected chi connectivity index (χ3v) is 4.20. The van der Waals surface area contributed by atoms with Gasteiger partial charge in [-0.1, -0.05) is 17.7 Å². The van der Waals surface area contributed by atoms with Gasteiger partial charge in [-0.05, 0) is 39.8 Å². The van der Waals surface area contributed by atoms with Gasteiger partial charge in [-0.25, -0.2) is 9.98 Å². The van der Waals surface area contributed by atoms with E-state index in [1.54, 1.807) is 11.3 Å². The molecule has 1 aromatic carbocycles. The maximum Gasteiger partial charge on any atom is 0.191 e. The van der Waals surface area contributed by atoms with Crippen LogP contribution in [0, 0.1) is 13.8 Å². The van der Waals surface area contributed by atoms with Crippen LogP contribution in [0.4, 0.5) is 0 Å². The first-order valence-electron chi connectivity index (χ1n) is 8.23. The monoisotopic (exact) mass is 474 g/mol. The summed E-state index contributed by atoms with van der Waals surface area (Å²) in [5.41, 5.74) is 1.23. The summed E-state index contributed by atoms with van der Waals surface area (Å²) >= 11 is 1.68. The summed E-state index contributed by atoms with van der Waals surface area (Å²) in [5.74, 6) is 1.67. The molecule has 2 aromatic rings. The first-order chi connectivity index (χ1) is 11.6. The summed E-state index contributed by atoms with van der Waals surface area (Å²) in [7, 11) is 0. The molecular weight excluding hydrogens is 447 g/mol. The number of aliphatic imine (C=N–C) groups is 1. The van der Waals surface area contributed by atoms with Gasteiger partial charge in [0.2, 0.25) is 0 Å². The zero-order valence-electron chi connectivity index (χ0n) is 15.2. The van der Waals surface area contributed by atoms with Crippen molar-refractivity contribution in [3.63, 3.8) is 0 Å². The Hall–Kier alpha value is -1.35. The van der Waals surface area contributed by atoms with Crippen LogP contribution in [0.25, 0.3) is 0 Å². The molecule has 5 nitrogen and oxygen atoms in total. The van der Waals surface area contributed by atoms with E-state index in [9.17, 15) is 0 Å². The van der Waals surface area contributed by atoms with Crippen LogP contribution in [0.1, 0.15) is 29.3 Å². The quantitative estimate of drug-likeness (QED) is 0.363. The second-order valence-electron chi connectivity index (χ2n) is 5.68. The highest BCUT2D eigenvalue weighted by molar-refractivity contribution is 14.0. The van der Waals surface area contributed by atoms with Gasteiger partial charge in [-0.15, -0.1) is 35.3 Å². The van der Waals surface area contributed by atoms with Gasteiger partial charge in [0, 0.05) is 17.6 Å². The maximum atomic E-state index is 5.91. The van der Waals surface area contributed by atoms with E-state index in [4.69, 9.17) is 4.74 Å². The number of nitrogens with zero attached hydrogens (tertiary/aromatic N) is 2. The summed E-state index contributed by atoms with van der Waals surface area (Å²) in [6, 6.07) is 8.10.